The van der Waals surface area contributed by atoms with Gasteiger partial charge in [0.05, 0.1) is 45.1 Å². The zero-order chi connectivity index (χ0) is 17.1. The van der Waals surface area contributed by atoms with Gasteiger partial charge in [-0.15, -0.1) is 0 Å². The number of hydrogen-bond acceptors (Lipinski definition) is 6. The molecule has 0 aliphatic carbocycles. The predicted octanol–water partition coefficient (Wildman–Crippen LogP) is 0.123. The van der Waals surface area contributed by atoms with Crippen molar-refractivity contribution in [3.8, 4) is 0 Å². The Hall–Kier alpha value is -1.93. The van der Waals surface area contributed by atoms with Gasteiger partial charge in [0.15, 0.2) is 5.69 Å². The molecule has 0 bridgehead atoms. The maximum atomic E-state index is 13.0. The van der Waals surface area contributed by atoms with Gasteiger partial charge in [-0.2, -0.15) is 5.10 Å². The highest BCUT2D eigenvalue weighted by Crippen LogP contribution is 2.18. The molecule has 0 saturated carbocycles. The van der Waals surface area contributed by atoms with Gasteiger partial charge in [0, 0.05) is 19.6 Å². The Balaban J connectivity index is 1.70. The zero-order valence-electron chi connectivity index (χ0n) is 14.2. The molecule has 132 valence electrons. The number of esters is 1. The second kappa shape index (κ2) is 7.31. The summed E-state index contributed by atoms with van der Waals surface area (Å²) in [6, 6.07) is 1.60. The van der Waals surface area contributed by atoms with Crippen LogP contribution in [0.2, 0.25) is 0 Å². The van der Waals surface area contributed by atoms with Gasteiger partial charge in [-0.1, -0.05) is 6.92 Å². The summed E-state index contributed by atoms with van der Waals surface area (Å²) in [7, 11) is 1.34. The van der Waals surface area contributed by atoms with Crippen molar-refractivity contribution in [2.24, 2.45) is 0 Å². The zero-order valence-corrected chi connectivity index (χ0v) is 14.2. The van der Waals surface area contributed by atoms with Crippen LogP contribution in [0.4, 0.5) is 0 Å². The number of carbonyl (C=O) groups excluding carboxylic acids is 2. The van der Waals surface area contributed by atoms with E-state index in [1.165, 1.54) is 7.11 Å². The highest BCUT2D eigenvalue weighted by Gasteiger charge is 2.32. The van der Waals surface area contributed by atoms with Crippen molar-refractivity contribution in [1.82, 2.24) is 19.6 Å². The van der Waals surface area contributed by atoms with Crippen LogP contribution in [-0.2, 0) is 27.4 Å². The van der Waals surface area contributed by atoms with Crippen molar-refractivity contribution >= 4 is 11.9 Å². The van der Waals surface area contributed by atoms with Crippen LogP contribution >= 0.6 is 0 Å². The fourth-order valence-corrected chi connectivity index (χ4v) is 3.35. The molecule has 24 heavy (non-hydrogen) atoms. The van der Waals surface area contributed by atoms with Crippen molar-refractivity contribution in [2.75, 3.05) is 40.0 Å². The highest BCUT2D eigenvalue weighted by atomic mass is 16.5. The first-order valence-corrected chi connectivity index (χ1v) is 8.39. The maximum absolute atomic E-state index is 13.0. The summed E-state index contributed by atoms with van der Waals surface area (Å²) in [4.78, 5) is 28.6. The lowest BCUT2D eigenvalue weighted by atomic mass is 10.1. The lowest BCUT2D eigenvalue weighted by Crippen LogP contribution is -2.53. The van der Waals surface area contributed by atoms with Crippen LogP contribution in [0.25, 0.3) is 0 Å². The molecule has 1 amide bonds. The fourth-order valence-electron chi connectivity index (χ4n) is 3.35. The predicted molar refractivity (Wildman–Crippen MR) is 85.5 cm³/mol. The summed E-state index contributed by atoms with van der Waals surface area (Å²) in [5, 5.41) is 4.25. The van der Waals surface area contributed by atoms with E-state index >= 15 is 0 Å². The molecule has 1 atom stereocenters. The minimum Gasteiger partial charge on any atom is -0.464 e. The van der Waals surface area contributed by atoms with Crippen LogP contribution in [0, 0.1) is 0 Å². The van der Waals surface area contributed by atoms with Gasteiger partial charge in [0.25, 0.3) is 0 Å². The molecule has 8 nitrogen and oxygen atoms in total. The molecule has 3 heterocycles. The molecule has 1 saturated heterocycles. The molecule has 0 N–H and O–H groups in total. The van der Waals surface area contributed by atoms with Gasteiger partial charge in [-0.25, -0.2) is 4.79 Å². The van der Waals surface area contributed by atoms with Gasteiger partial charge >= 0.3 is 5.97 Å². The fraction of sp³-hybridized carbons (Fsp3) is 0.688. The van der Waals surface area contributed by atoms with E-state index in [1.807, 2.05) is 11.8 Å². The van der Waals surface area contributed by atoms with Crippen molar-refractivity contribution in [1.29, 1.82) is 0 Å². The van der Waals surface area contributed by atoms with Crippen LogP contribution in [0.15, 0.2) is 6.07 Å². The number of carbonyl (C=O) groups is 2. The number of morpholine rings is 1. The first-order chi connectivity index (χ1) is 11.6. The molecular formula is C16H24N4O4. The second-order valence-corrected chi connectivity index (χ2v) is 6.07. The molecule has 8 heteroatoms. The molecule has 1 fully saturated rings. The Morgan fingerprint density at radius 3 is 2.71 bits per heavy atom. The summed E-state index contributed by atoms with van der Waals surface area (Å²) >= 11 is 0. The summed E-state index contributed by atoms with van der Waals surface area (Å²) in [6.45, 7) is 6.67. The van der Waals surface area contributed by atoms with Crippen molar-refractivity contribution in [2.45, 2.75) is 32.5 Å². The second-order valence-electron chi connectivity index (χ2n) is 6.07. The summed E-state index contributed by atoms with van der Waals surface area (Å²) < 4.78 is 11.9. The van der Waals surface area contributed by atoms with E-state index in [1.54, 1.807) is 10.7 Å². The number of amides is 1. The molecule has 1 aromatic heterocycles. The minimum atomic E-state index is -0.450. The number of rotatable bonds is 4. The van der Waals surface area contributed by atoms with Crippen LogP contribution < -0.4 is 0 Å². The Labute approximate surface area is 141 Å². The molecule has 2 aliphatic rings. The first-order valence-electron chi connectivity index (χ1n) is 8.39. The Morgan fingerprint density at radius 1 is 1.29 bits per heavy atom. The van der Waals surface area contributed by atoms with Crippen LogP contribution in [0.1, 0.15) is 29.5 Å². The smallest absolute Gasteiger partial charge is 0.358 e. The molecule has 2 aliphatic heterocycles. The van der Waals surface area contributed by atoms with Gasteiger partial charge in [0.1, 0.15) is 0 Å². The number of fused-ring (bicyclic) bond motifs is 1. The average molecular weight is 336 g/mol. The minimum absolute atomic E-state index is 0.108. The Bertz CT molecular complexity index is 609. The van der Waals surface area contributed by atoms with Gasteiger partial charge in [0.2, 0.25) is 5.91 Å². The number of ether oxygens (including phenoxy) is 2. The SMILES string of the molecule is CCC(C(=O)N1CCn2nc(C(=O)OC)cc2C1)N1CCOCC1. The lowest BCUT2D eigenvalue weighted by Gasteiger charge is -2.37. The Morgan fingerprint density at radius 2 is 2.04 bits per heavy atom. The van der Waals surface area contributed by atoms with E-state index in [9.17, 15) is 9.59 Å². The van der Waals surface area contributed by atoms with Crippen molar-refractivity contribution < 1.29 is 19.1 Å². The quantitative estimate of drug-likeness (QED) is 0.727. The molecule has 0 aromatic carbocycles. The number of aromatic nitrogens is 2. The van der Waals surface area contributed by atoms with Crippen LogP contribution in [0.3, 0.4) is 0 Å². The monoisotopic (exact) mass is 336 g/mol. The number of hydrogen-bond donors (Lipinski definition) is 0. The standard InChI is InChI=1S/C16H24N4O4/c1-3-14(18-6-8-24-9-7-18)15(21)19-4-5-20-12(11-19)10-13(17-20)16(22)23-2/h10,14H,3-9,11H2,1-2H3. The van der Waals surface area contributed by atoms with E-state index in [0.717, 1.165) is 25.2 Å². The van der Waals surface area contributed by atoms with E-state index in [0.29, 0.717) is 38.5 Å². The molecule has 0 spiro atoms. The third-order valence-electron chi connectivity index (χ3n) is 4.66. The topological polar surface area (TPSA) is 76.9 Å². The first kappa shape index (κ1) is 16.9. The largest absolute Gasteiger partial charge is 0.464 e. The molecule has 1 aromatic rings. The maximum Gasteiger partial charge on any atom is 0.358 e. The van der Waals surface area contributed by atoms with E-state index < -0.39 is 5.97 Å². The molecular weight excluding hydrogens is 312 g/mol. The van der Waals surface area contributed by atoms with Gasteiger partial charge < -0.3 is 14.4 Å². The van der Waals surface area contributed by atoms with Crippen LogP contribution in [0.5, 0.6) is 0 Å². The third-order valence-corrected chi connectivity index (χ3v) is 4.66. The van der Waals surface area contributed by atoms with E-state index in [2.05, 4.69) is 10.00 Å². The Kier molecular flexibility index (Phi) is 5.15. The van der Waals surface area contributed by atoms with Crippen molar-refractivity contribution in [3.63, 3.8) is 0 Å². The molecule has 0 radical (unpaired) electrons. The summed E-state index contributed by atoms with van der Waals surface area (Å²) in [5.74, 6) is -0.305. The molecule has 3 rings (SSSR count). The van der Waals surface area contributed by atoms with Gasteiger partial charge in [-0.3, -0.25) is 14.4 Å². The van der Waals surface area contributed by atoms with Crippen LogP contribution in [-0.4, -0.2) is 77.5 Å². The summed E-state index contributed by atoms with van der Waals surface area (Å²) in [5.41, 5.74) is 1.16. The van der Waals surface area contributed by atoms with Gasteiger partial charge in [-0.05, 0) is 12.5 Å². The highest BCUT2D eigenvalue weighted by molar-refractivity contribution is 5.87. The average Bonchev–Trinajstić information content (AvgIpc) is 3.05. The van der Waals surface area contributed by atoms with Crippen molar-refractivity contribution in [3.05, 3.63) is 17.5 Å². The molecule has 1 unspecified atom stereocenters. The number of nitrogens with zero attached hydrogens (tertiary/aromatic N) is 4. The normalized spacial score (nSPS) is 19.7. The van der Waals surface area contributed by atoms with E-state index in [4.69, 9.17) is 9.47 Å². The third kappa shape index (κ3) is 3.29. The number of methoxy groups -OCH3 is 1. The summed E-state index contributed by atoms with van der Waals surface area (Å²) in [6.07, 6.45) is 0.780. The lowest BCUT2D eigenvalue weighted by molar-refractivity contribution is -0.140. The van der Waals surface area contributed by atoms with E-state index in [-0.39, 0.29) is 11.9 Å².